The van der Waals surface area contributed by atoms with Gasteiger partial charge in [0.1, 0.15) is 24.4 Å². The van der Waals surface area contributed by atoms with Crippen molar-refractivity contribution in [3.8, 4) is 0 Å². The van der Waals surface area contributed by atoms with E-state index < -0.39 is 12.2 Å². The largest absolute Gasteiger partial charge is 0.387 e. The van der Waals surface area contributed by atoms with Crippen LogP contribution in [-0.2, 0) is 4.74 Å². The molecule has 1 aliphatic carbocycles. The summed E-state index contributed by atoms with van der Waals surface area (Å²) in [5.41, 5.74) is 4.15. The highest BCUT2D eigenvalue weighted by Gasteiger charge is 2.55. The second-order valence-electron chi connectivity index (χ2n) is 6.74. The summed E-state index contributed by atoms with van der Waals surface area (Å²) in [6.07, 6.45) is -2.04. The van der Waals surface area contributed by atoms with Crippen molar-refractivity contribution in [2.24, 2.45) is 0 Å². The maximum Gasteiger partial charge on any atom is 0.118 e. The molecule has 0 radical (unpaired) electrons. The van der Waals surface area contributed by atoms with Crippen LogP contribution in [0, 0.1) is 13.8 Å². The Labute approximate surface area is 134 Å². The third kappa shape index (κ3) is 1.59. The van der Waals surface area contributed by atoms with Crippen molar-refractivity contribution >= 4 is 21.5 Å². The van der Waals surface area contributed by atoms with E-state index in [1.165, 1.54) is 16.2 Å². The van der Waals surface area contributed by atoms with Crippen LogP contribution >= 0.6 is 0 Å². The second kappa shape index (κ2) is 4.32. The highest BCUT2D eigenvalue weighted by molar-refractivity contribution is 6.11. The smallest absolute Gasteiger partial charge is 0.118 e. The minimum atomic E-state index is -0.872. The average molecular weight is 306 g/mol. The molecule has 3 nitrogen and oxygen atoms in total. The fraction of sp³-hybridized carbons (Fsp3) is 0.300. The second-order valence-corrected chi connectivity index (χ2v) is 6.74. The molecule has 4 unspecified atom stereocenters. The first-order valence-corrected chi connectivity index (χ1v) is 8.05. The molecule has 2 N–H and O–H groups in total. The van der Waals surface area contributed by atoms with Gasteiger partial charge in [0.25, 0.3) is 0 Å². The number of benzene rings is 3. The standard InChI is InChI=1S/C20H18O3/c1-9-12-8-7-11-5-3-4-6-13(11)14(12)10(2)16-15(9)17(21)18(22)20-19(16)23-20/h3-8,17-22H,1-2H3. The Morgan fingerprint density at radius 3 is 2.48 bits per heavy atom. The van der Waals surface area contributed by atoms with Crippen molar-refractivity contribution in [2.45, 2.75) is 38.3 Å². The van der Waals surface area contributed by atoms with Crippen LogP contribution in [0.5, 0.6) is 0 Å². The third-order valence-corrected chi connectivity index (χ3v) is 5.57. The van der Waals surface area contributed by atoms with Crippen molar-refractivity contribution in [1.82, 2.24) is 0 Å². The number of rotatable bonds is 0. The van der Waals surface area contributed by atoms with Crippen LogP contribution < -0.4 is 0 Å². The zero-order chi connectivity index (χ0) is 15.9. The molecule has 1 fully saturated rings. The lowest BCUT2D eigenvalue weighted by Gasteiger charge is -2.28. The van der Waals surface area contributed by atoms with Gasteiger partial charge in [-0.2, -0.15) is 0 Å². The summed E-state index contributed by atoms with van der Waals surface area (Å²) in [6, 6.07) is 12.6. The molecule has 4 atom stereocenters. The van der Waals surface area contributed by atoms with Crippen LogP contribution in [0.25, 0.3) is 21.5 Å². The van der Waals surface area contributed by atoms with E-state index in [1.54, 1.807) is 0 Å². The zero-order valence-corrected chi connectivity index (χ0v) is 13.1. The lowest BCUT2D eigenvalue weighted by atomic mass is 9.79. The van der Waals surface area contributed by atoms with E-state index in [9.17, 15) is 10.2 Å². The van der Waals surface area contributed by atoms with Gasteiger partial charge in [-0.3, -0.25) is 0 Å². The van der Waals surface area contributed by atoms with Crippen molar-refractivity contribution in [3.05, 3.63) is 58.7 Å². The number of aryl methyl sites for hydroxylation is 2. The van der Waals surface area contributed by atoms with Gasteiger partial charge in [-0.1, -0.05) is 36.4 Å². The van der Waals surface area contributed by atoms with E-state index in [2.05, 4.69) is 43.3 Å². The van der Waals surface area contributed by atoms with E-state index in [4.69, 9.17) is 4.74 Å². The van der Waals surface area contributed by atoms with Crippen LogP contribution in [0.1, 0.15) is 34.5 Å². The van der Waals surface area contributed by atoms with E-state index in [-0.39, 0.29) is 12.2 Å². The topological polar surface area (TPSA) is 53.0 Å². The number of fused-ring (bicyclic) bond motifs is 6. The van der Waals surface area contributed by atoms with Crippen molar-refractivity contribution in [1.29, 1.82) is 0 Å². The van der Waals surface area contributed by atoms with E-state index in [0.717, 1.165) is 27.6 Å². The summed E-state index contributed by atoms with van der Waals surface area (Å²) in [5, 5.41) is 25.6. The van der Waals surface area contributed by atoms with E-state index >= 15 is 0 Å². The van der Waals surface area contributed by atoms with Crippen molar-refractivity contribution in [3.63, 3.8) is 0 Å². The SMILES string of the molecule is Cc1c2c(c(C)c3c1ccc1ccccc13)C1OC1C(O)C2O. The Morgan fingerprint density at radius 1 is 0.870 bits per heavy atom. The van der Waals surface area contributed by atoms with Gasteiger partial charge in [-0.15, -0.1) is 0 Å². The molecular weight excluding hydrogens is 288 g/mol. The maximum atomic E-state index is 10.6. The number of aliphatic hydroxyl groups excluding tert-OH is 2. The summed E-state index contributed by atoms with van der Waals surface area (Å²) < 4.78 is 5.67. The lowest BCUT2D eigenvalue weighted by Crippen LogP contribution is -2.30. The first kappa shape index (κ1) is 13.5. The Kier molecular flexibility index (Phi) is 2.54. The summed E-state index contributed by atoms with van der Waals surface area (Å²) in [6.45, 7) is 4.14. The minimum absolute atomic E-state index is 0.0783. The van der Waals surface area contributed by atoms with Gasteiger partial charge < -0.3 is 14.9 Å². The van der Waals surface area contributed by atoms with Crippen LogP contribution in [0.2, 0.25) is 0 Å². The molecule has 116 valence electrons. The van der Waals surface area contributed by atoms with Crippen LogP contribution in [0.4, 0.5) is 0 Å². The molecule has 0 saturated carbocycles. The predicted octanol–water partition coefficient (Wildman–Crippen LogP) is 3.46. The number of hydrogen-bond donors (Lipinski definition) is 2. The van der Waals surface area contributed by atoms with Gasteiger partial charge >= 0.3 is 0 Å². The summed E-state index contributed by atoms with van der Waals surface area (Å²) in [4.78, 5) is 0. The fourth-order valence-electron chi connectivity index (χ4n) is 4.39. The van der Waals surface area contributed by atoms with Gasteiger partial charge in [0, 0.05) is 0 Å². The fourth-order valence-corrected chi connectivity index (χ4v) is 4.39. The molecule has 0 aromatic heterocycles. The Morgan fingerprint density at radius 2 is 1.65 bits per heavy atom. The Bertz CT molecular complexity index is 976. The molecule has 3 aromatic carbocycles. The molecule has 3 aromatic rings. The summed E-state index contributed by atoms with van der Waals surface area (Å²) in [5.74, 6) is 0. The summed E-state index contributed by atoms with van der Waals surface area (Å²) >= 11 is 0. The molecule has 1 heterocycles. The zero-order valence-electron chi connectivity index (χ0n) is 13.1. The van der Waals surface area contributed by atoms with Gasteiger partial charge in [-0.25, -0.2) is 0 Å². The number of epoxide rings is 1. The molecule has 1 aliphatic heterocycles. The molecule has 0 amide bonds. The quantitative estimate of drug-likeness (QED) is 0.494. The summed E-state index contributed by atoms with van der Waals surface area (Å²) in [7, 11) is 0. The van der Waals surface area contributed by atoms with Crippen LogP contribution in [0.15, 0.2) is 36.4 Å². The van der Waals surface area contributed by atoms with E-state index in [1.807, 2.05) is 6.92 Å². The molecule has 23 heavy (non-hydrogen) atoms. The number of ether oxygens (including phenoxy) is 1. The van der Waals surface area contributed by atoms with Gasteiger partial charge in [-0.05, 0) is 57.6 Å². The molecule has 2 aliphatic rings. The van der Waals surface area contributed by atoms with Crippen LogP contribution in [-0.4, -0.2) is 22.4 Å². The third-order valence-electron chi connectivity index (χ3n) is 5.57. The maximum absolute atomic E-state index is 10.6. The highest BCUT2D eigenvalue weighted by Crippen LogP contribution is 2.54. The number of hydrogen-bond acceptors (Lipinski definition) is 3. The predicted molar refractivity (Wildman–Crippen MR) is 89.5 cm³/mol. The monoisotopic (exact) mass is 306 g/mol. The lowest BCUT2D eigenvalue weighted by molar-refractivity contribution is -0.000298. The van der Waals surface area contributed by atoms with Gasteiger partial charge in [0.2, 0.25) is 0 Å². The van der Waals surface area contributed by atoms with Crippen LogP contribution in [0.3, 0.4) is 0 Å². The molecule has 0 bridgehead atoms. The molecule has 0 spiro atoms. The average Bonchev–Trinajstić information content (AvgIpc) is 3.35. The molecule has 1 saturated heterocycles. The van der Waals surface area contributed by atoms with E-state index in [0.29, 0.717) is 0 Å². The van der Waals surface area contributed by atoms with Gasteiger partial charge in [0.15, 0.2) is 0 Å². The first-order chi connectivity index (χ1) is 11.1. The minimum Gasteiger partial charge on any atom is -0.387 e. The molecule has 5 rings (SSSR count). The normalized spacial score (nSPS) is 28.7. The Balaban J connectivity index is 1.98. The van der Waals surface area contributed by atoms with Crippen molar-refractivity contribution in [2.75, 3.05) is 0 Å². The van der Waals surface area contributed by atoms with Gasteiger partial charge in [0.05, 0.1) is 0 Å². The first-order valence-electron chi connectivity index (χ1n) is 8.05. The molecular formula is C20H18O3. The molecule has 3 heteroatoms. The van der Waals surface area contributed by atoms with Crippen molar-refractivity contribution < 1.29 is 14.9 Å². The number of aliphatic hydroxyl groups is 2. The Hall–Kier alpha value is -1.94. The highest BCUT2D eigenvalue weighted by atomic mass is 16.6.